The molecule has 1 aliphatic heterocycles. The van der Waals surface area contributed by atoms with Crippen LogP contribution in [-0.2, 0) is 9.53 Å². The molecular formula is C28H23F3N6O3. The lowest BCUT2D eigenvalue weighted by Gasteiger charge is -2.29. The average molecular weight is 549 g/mol. The molecule has 40 heavy (non-hydrogen) atoms. The second kappa shape index (κ2) is 12.7. The van der Waals surface area contributed by atoms with E-state index in [1.807, 2.05) is 60.7 Å². The van der Waals surface area contributed by atoms with E-state index in [2.05, 4.69) is 32.3 Å². The van der Waals surface area contributed by atoms with Crippen molar-refractivity contribution in [1.82, 2.24) is 15.0 Å². The fourth-order valence-corrected chi connectivity index (χ4v) is 3.79. The van der Waals surface area contributed by atoms with Gasteiger partial charge in [-0.3, -0.25) is 4.98 Å². The second-order valence-corrected chi connectivity index (χ2v) is 8.47. The first-order valence-corrected chi connectivity index (χ1v) is 12.0. The third-order valence-corrected chi connectivity index (χ3v) is 5.72. The van der Waals surface area contributed by atoms with Crippen molar-refractivity contribution in [1.29, 1.82) is 5.26 Å². The monoisotopic (exact) mass is 548 g/mol. The van der Waals surface area contributed by atoms with E-state index in [9.17, 15) is 18.4 Å². The molecule has 0 amide bonds. The van der Waals surface area contributed by atoms with Gasteiger partial charge < -0.3 is 20.1 Å². The van der Waals surface area contributed by atoms with Crippen molar-refractivity contribution in [3.05, 3.63) is 84.7 Å². The van der Waals surface area contributed by atoms with Gasteiger partial charge >= 0.3 is 12.1 Å². The van der Waals surface area contributed by atoms with Crippen LogP contribution in [0.4, 0.5) is 30.5 Å². The molecule has 0 saturated carbocycles. The number of rotatable bonds is 5. The number of carbonyl (C=O) groups is 1. The molecule has 0 atom stereocenters. The summed E-state index contributed by atoms with van der Waals surface area (Å²) in [5.74, 6) is -2.26. The molecule has 0 aliphatic carbocycles. The molecule has 2 aromatic carbocycles. The number of morpholine rings is 1. The van der Waals surface area contributed by atoms with Gasteiger partial charge in [0.15, 0.2) is 0 Å². The lowest BCUT2D eigenvalue weighted by Crippen LogP contribution is -2.36. The van der Waals surface area contributed by atoms with Crippen LogP contribution >= 0.6 is 0 Å². The molecule has 4 aromatic rings. The number of hydrogen-bond donors (Lipinski definition) is 2. The highest BCUT2D eigenvalue weighted by Crippen LogP contribution is 2.27. The van der Waals surface area contributed by atoms with E-state index >= 15 is 0 Å². The standard InChI is InChI=1S/C26H22N6O.C2HF3O2/c27-18-19-15-21(17-23(16-19)32-11-13-33-14-12-32)25-8-10-29-26(31-25)30-22-6-4-20(5-7-22)24-3-1-2-9-28-24;3-2(4,5)1(6)7/h1-10,15-17H,11-14H2,(H,29,30,31);(H,6,7). The van der Waals surface area contributed by atoms with Crippen LogP contribution in [-0.4, -0.2) is 58.5 Å². The molecule has 1 aliphatic rings. The van der Waals surface area contributed by atoms with Gasteiger partial charge in [-0.15, -0.1) is 0 Å². The normalized spacial score (nSPS) is 13.0. The minimum absolute atomic E-state index is 0.494. The van der Waals surface area contributed by atoms with Gasteiger partial charge in [-0.2, -0.15) is 18.4 Å². The molecule has 2 aromatic heterocycles. The SMILES string of the molecule is N#Cc1cc(-c2ccnc(Nc3ccc(-c4ccccn4)cc3)n2)cc(N2CCOCC2)c1.O=C(O)C(F)(F)F. The van der Waals surface area contributed by atoms with Gasteiger partial charge in [0.2, 0.25) is 5.95 Å². The van der Waals surface area contributed by atoms with Gasteiger partial charge in [0.05, 0.1) is 36.2 Å². The molecule has 1 fully saturated rings. The Bertz CT molecular complexity index is 1490. The number of nitrogens with one attached hydrogen (secondary N) is 1. The summed E-state index contributed by atoms with van der Waals surface area (Å²) in [4.78, 5) is 24.6. The number of halogens is 3. The number of alkyl halides is 3. The molecule has 0 radical (unpaired) electrons. The number of carboxylic acid groups (broad SMARTS) is 1. The number of aromatic nitrogens is 3. The van der Waals surface area contributed by atoms with Crippen molar-refractivity contribution < 1.29 is 27.8 Å². The van der Waals surface area contributed by atoms with Gasteiger partial charge in [-0.1, -0.05) is 18.2 Å². The maximum atomic E-state index is 10.6. The Kier molecular flexibility index (Phi) is 8.88. The van der Waals surface area contributed by atoms with Crippen LogP contribution < -0.4 is 10.2 Å². The third-order valence-electron chi connectivity index (χ3n) is 5.72. The van der Waals surface area contributed by atoms with E-state index in [1.54, 1.807) is 12.4 Å². The van der Waals surface area contributed by atoms with E-state index < -0.39 is 12.1 Å². The Morgan fingerprint density at radius 1 is 0.950 bits per heavy atom. The first kappa shape index (κ1) is 28.0. The minimum atomic E-state index is -5.08. The van der Waals surface area contributed by atoms with Gasteiger partial charge in [-0.25, -0.2) is 14.8 Å². The van der Waals surface area contributed by atoms with Gasteiger partial charge in [0.25, 0.3) is 0 Å². The topological polar surface area (TPSA) is 124 Å². The molecule has 3 heterocycles. The summed E-state index contributed by atoms with van der Waals surface area (Å²) in [6, 6.07) is 23.8. The Morgan fingerprint density at radius 3 is 2.30 bits per heavy atom. The molecule has 204 valence electrons. The number of nitrogens with zero attached hydrogens (tertiary/aromatic N) is 5. The Hall–Kier alpha value is -5.02. The van der Waals surface area contributed by atoms with Crippen molar-refractivity contribution >= 4 is 23.3 Å². The minimum Gasteiger partial charge on any atom is -0.475 e. The summed E-state index contributed by atoms with van der Waals surface area (Å²) in [5, 5.41) is 19.9. The highest BCUT2D eigenvalue weighted by atomic mass is 19.4. The zero-order chi connectivity index (χ0) is 28.5. The Labute approximate surface area is 227 Å². The van der Waals surface area contributed by atoms with E-state index in [4.69, 9.17) is 19.6 Å². The number of ether oxygens (including phenoxy) is 1. The molecule has 1 saturated heterocycles. The van der Waals surface area contributed by atoms with Crippen LogP contribution in [0.15, 0.2) is 79.1 Å². The number of anilines is 3. The summed E-state index contributed by atoms with van der Waals surface area (Å²) in [6.45, 7) is 2.98. The van der Waals surface area contributed by atoms with Crippen LogP contribution in [0.3, 0.4) is 0 Å². The predicted octanol–water partition coefficient (Wildman–Crippen LogP) is 5.29. The number of pyridine rings is 1. The van der Waals surface area contributed by atoms with Crippen molar-refractivity contribution in [3.8, 4) is 28.6 Å². The quantitative estimate of drug-likeness (QED) is 0.342. The molecule has 5 rings (SSSR count). The van der Waals surface area contributed by atoms with Crippen LogP contribution in [0.5, 0.6) is 0 Å². The Morgan fingerprint density at radius 2 is 1.68 bits per heavy atom. The number of aliphatic carboxylic acids is 1. The van der Waals surface area contributed by atoms with Crippen LogP contribution in [0.1, 0.15) is 5.56 Å². The fourth-order valence-electron chi connectivity index (χ4n) is 3.79. The smallest absolute Gasteiger partial charge is 0.475 e. The van der Waals surface area contributed by atoms with Gasteiger partial charge in [-0.05, 0) is 48.5 Å². The molecule has 9 nitrogen and oxygen atoms in total. The predicted molar refractivity (Wildman–Crippen MR) is 142 cm³/mol. The van der Waals surface area contributed by atoms with Crippen LogP contribution in [0.2, 0.25) is 0 Å². The summed E-state index contributed by atoms with van der Waals surface area (Å²) >= 11 is 0. The number of hydrogen-bond acceptors (Lipinski definition) is 8. The Balaban J connectivity index is 0.000000470. The van der Waals surface area contributed by atoms with Crippen molar-refractivity contribution in [2.45, 2.75) is 6.18 Å². The second-order valence-electron chi connectivity index (χ2n) is 8.47. The molecule has 0 spiro atoms. The van der Waals surface area contributed by atoms with Gasteiger partial charge in [0, 0.05) is 48.0 Å². The van der Waals surface area contributed by atoms with E-state index in [1.165, 1.54) is 0 Å². The summed E-state index contributed by atoms with van der Waals surface area (Å²) in [5.41, 5.74) is 6.09. The maximum absolute atomic E-state index is 10.6. The summed E-state index contributed by atoms with van der Waals surface area (Å²) in [7, 11) is 0. The average Bonchev–Trinajstić information content (AvgIpc) is 2.98. The zero-order valence-corrected chi connectivity index (χ0v) is 21.0. The number of carboxylic acids is 1. The maximum Gasteiger partial charge on any atom is 0.490 e. The highest BCUT2D eigenvalue weighted by Gasteiger charge is 2.38. The number of benzene rings is 2. The molecule has 2 N–H and O–H groups in total. The molecular weight excluding hydrogens is 525 g/mol. The fraction of sp³-hybridized carbons (Fsp3) is 0.179. The van der Waals surface area contributed by atoms with Gasteiger partial charge in [0.1, 0.15) is 0 Å². The number of nitriles is 1. The molecule has 0 unspecified atom stereocenters. The molecule has 0 bridgehead atoms. The molecule has 12 heteroatoms. The van der Waals surface area contributed by atoms with Crippen molar-refractivity contribution in [3.63, 3.8) is 0 Å². The van der Waals surface area contributed by atoms with E-state index in [0.717, 1.165) is 47.0 Å². The largest absolute Gasteiger partial charge is 0.490 e. The van der Waals surface area contributed by atoms with Crippen LogP contribution in [0, 0.1) is 11.3 Å². The van der Waals surface area contributed by atoms with E-state index in [-0.39, 0.29) is 0 Å². The highest BCUT2D eigenvalue weighted by molar-refractivity contribution is 5.73. The zero-order valence-electron chi connectivity index (χ0n) is 21.0. The third kappa shape index (κ3) is 7.52. The van der Waals surface area contributed by atoms with Crippen molar-refractivity contribution in [2.75, 3.05) is 36.5 Å². The van der Waals surface area contributed by atoms with Crippen LogP contribution in [0.25, 0.3) is 22.5 Å². The first-order chi connectivity index (χ1) is 19.2. The summed E-state index contributed by atoms with van der Waals surface area (Å²) < 4.78 is 37.2. The lowest BCUT2D eigenvalue weighted by molar-refractivity contribution is -0.192. The lowest BCUT2D eigenvalue weighted by atomic mass is 10.1. The summed E-state index contributed by atoms with van der Waals surface area (Å²) in [6.07, 6.45) is -1.58. The van der Waals surface area contributed by atoms with Crippen molar-refractivity contribution in [2.24, 2.45) is 0 Å². The van der Waals surface area contributed by atoms with E-state index in [0.29, 0.717) is 24.7 Å². The first-order valence-electron chi connectivity index (χ1n) is 12.0.